The molecule has 2 amide bonds. The first-order chi connectivity index (χ1) is 12.5. The molecule has 3 rings (SSSR count). The van der Waals surface area contributed by atoms with Crippen LogP contribution in [0.25, 0.3) is 0 Å². The number of imide groups is 1. The second-order valence-corrected chi connectivity index (χ2v) is 6.32. The van der Waals surface area contributed by atoms with Crippen molar-refractivity contribution in [2.75, 3.05) is 13.2 Å². The number of carbonyl (C=O) groups is 2. The molecule has 2 unspecified atom stereocenters. The van der Waals surface area contributed by atoms with Crippen LogP contribution in [0.3, 0.4) is 0 Å². The smallest absolute Gasteiger partial charge is 0.233 e. The second kappa shape index (κ2) is 8.25. The number of amides is 2. The van der Waals surface area contributed by atoms with Gasteiger partial charge in [-0.3, -0.25) is 14.5 Å². The molecule has 1 aliphatic heterocycles. The lowest BCUT2D eigenvalue weighted by molar-refractivity contribution is -0.141. The molecule has 26 heavy (non-hydrogen) atoms. The molecule has 0 aliphatic carbocycles. The largest absolute Gasteiger partial charge is 0.467 e. The van der Waals surface area contributed by atoms with Gasteiger partial charge in [-0.25, -0.2) is 4.39 Å². The highest BCUT2D eigenvalue weighted by atomic mass is 19.1. The summed E-state index contributed by atoms with van der Waals surface area (Å²) in [6.07, 6.45) is 1.02. The predicted molar refractivity (Wildman–Crippen MR) is 89.3 cm³/mol. The molecule has 1 N–H and O–H groups in total. The van der Waals surface area contributed by atoms with Crippen LogP contribution in [-0.2, 0) is 27.4 Å². The zero-order valence-corrected chi connectivity index (χ0v) is 14.1. The minimum absolute atomic E-state index is 0.0135. The Balaban J connectivity index is 1.49. The number of carbonyl (C=O) groups excluding carboxylic acids is 2. The summed E-state index contributed by atoms with van der Waals surface area (Å²) in [7, 11) is 0. The van der Waals surface area contributed by atoms with Crippen LogP contribution in [0.2, 0.25) is 0 Å². The van der Waals surface area contributed by atoms with E-state index in [1.54, 1.807) is 24.3 Å². The Bertz CT molecular complexity index is 744. The van der Waals surface area contributed by atoms with E-state index < -0.39 is 12.0 Å². The molecule has 2 atom stereocenters. The fourth-order valence-corrected chi connectivity index (χ4v) is 2.96. The highest BCUT2D eigenvalue weighted by Gasteiger charge is 2.39. The third-order valence-corrected chi connectivity index (χ3v) is 4.26. The zero-order chi connectivity index (χ0) is 18.5. The standard InChI is InChI=1S/C19H20FNO5/c20-15-5-3-13(4-6-15)8-14-9-18(23)21(19(14)24)10-16(22)11-25-12-17-2-1-7-26-17/h1-7,14,16,22H,8-12H2. The lowest BCUT2D eigenvalue weighted by Crippen LogP contribution is -2.39. The maximum absolute atomic E-state index is 13.0. The number of nitrogens with zero attached hydrogens (tertiary/aromatic N) is 1. The second-order valence-electron chi connectivity index (χ2n) is 6.32. The Hall–Kier alpha value is -2.51. The number of hydrogen-bond donors (Lipinski definition) is 1. The Labute approximate surface area is 150 Å². The number of furan rings is 1. The van der Waals surface area contributed by atoms with Crippen molar-refractivity contribution in [3.8, 4) is 0 Å². The summed E-state index contributed by atoms with van der Waals surface area (Å²) in [6.45, 7) is 0.0925. The molecule has 1 aliphatic rings. The Morgan fingerprint density at radius 3 is 2.73 bits per heavy atom. The highest BCUT2D eigenvalue weighted by Crippen LogP contribution is 2.24. The van der Waals surface area contributed by atoms with Gasteiger partial charge in [-0.15, -0.1) is 0 Å². The number of rotatable bonds is 8. The Morgan fingerprint density at radius 2 is 2.04 bits per heavy atom. The normalized spacial score (nSPS) is 18.5. The minimum atomic E-state index is -0.970. The molecular formula is C19H20FNO5. The van der Waals surface area contributed by atoms with Crippen LogP contribution in [0.5, 0.6) is 0 Å². The van der Waals surface area contributed by atoms with Gasteiger partial charge in [0, 0.05) is 6.42 Å². The number of aliphatic hydroxyl groups excluding tert-OH is 1. The summed E-state index contributed by atoms with van der Waals surface area (Å²) >= 11 is 0. The summed E-state index contributed by atoms with van der Waals surface area (Å²) in [5.41, 5.74) is 0.793. The summed E-state index contributed by atoms with van der Waals surface area (Å²) in [6, 6.07) is 9.35. The van der Waals surface area contributed by atoms with Crippen LogP contribution < -0.4 is 0 Å². The third-order valence-electron chi connectivity index (χ3n) is 4.26. The molecule has 0 spiro atoms. The molecule has 6 nitrogen and oxygen atoms in total. The van der Waals surface area contributed by atoms with Crippen molar-refractivity contribution in [2.45, 2.75) is 25.6 Å². The SMILES string of the molecule is O=C1CC(Cc2ccc(F)cc2)C(=O)N1CC(O)COCc1ccco1. The average Bonchev–Trinajstić information content (AvgIpc) is 3.21. The number of aliphatic hydroxyl groups is 1. The first-order valence-electron chi connectivity index (χ1n) is 8.40. The molecule has 2 heterocycles. The fraction of sp³-hybridized carbons (Fsp3) is 0.368. The van der Waals surface area contributed by atoms with Gasteiger partial charge in [-0.1, -0.05) is 12.1 Å². The van der Waals surface area contributed by atoms with E-state index in [4.69, 9.17) is 9.15 Å². The zero-order valence-electron chi connectivity index (χ0n) is 14.1. The molecule has 1 aromatic carbocycles. The van der Waals surface area contributed by atoms with Crippen LogP contribution >= 0.6 is 0 Å². The van der Waals surface area contributed by atoms with Crippen molar-refractivity contribution in [1.82, 2.24) is 4.90 Å². The third kappa shape index (κ3) is 4.56. The van der Waals surface area contributed by atoms with Crippen molar-refractivity contribution in [1.29, 1.82) is 0 Å². The lowest BCUT2D eigenvalue weighted by Gasteiger charge is -2.19. The van der Waals surface area contributed by atoms with Gasteiger partial charge in [0.15, 0.2) is 0 Å². The summed E-state index contributed by atoms with van der Waals surface area (Å²) in [4.78, 5) is 25.6. The molecule has 0 saturated carbocycles. The lowest BCUT2D eigenvalue weighted by atomic mass is 9.98. The quantitative estimate of drug-likeness (QED) is 0.727. The van der Waals surface area contributed by atoms with Gasteiger partial charge in [0.05, 0.1) is 31.4 Å². The van der Waals surface area contributed by atoms with Crippen molar-refractivity contribution in [3.05, 3.63) is 59.8 Å². The van der Waals surface area contributed by atoms with E-state index in [1.165, 1.54) is 18.4 Å². The fourth-order valence-electron chi connectivity index (χ4n) is 2.96. The van der Waals surface area contributed by atoms with Gasteiger partial charge >= 0.3 is 0 Å². The molecule has 1 fully saturated rings. The van der Waals surface area contributed by atoms with Gasteiger partial charge < -0.3 is 14.3 Å². The number of β-amino-alcohol motifs (C(OH)–C–C–N with tert-alkyl or cyclic N) is 1. The van der Waals surface area contributed by atoms with Crippen molar-refractivity contribution in [2.24, 2.45) is 5.92 Å². The van der Waals surface area contributed by atoms with Gasteiger partial charge in [-0.05, 0) is 36.2 Å². The number of benzene rings is 1. The van der Waals surface area contributed by atoms with Crippen molar-refractivity contribution in [3.63, 3.8) is 0 Å². The first-order valence-corrected chi connectivity index (χ1v) is 8.40. The van der Waals surface area contributed by atoms with Crippen molar-refractivity contribution >= 4 is 11.8 Å². The van der Waals surface area contributed by atoms with Crippen LogP contribution in [0, 0.1) is 11.7 Å². The molecule has 0 bridgehead atoms. The summed E-state index contributed by atoms with van der Waals surface area (Å²) in [5.74, 6) is -0.826. The van der Waals surface area contributed by atoms with Crippen LogP contribution in [0.4, 0.5) is 4.39 Å². The highest BCUT2D eigenvalue weighted by molar-refractivity contribution is 6.03. The monoisotopic (exact) mass is 361 g/mol. The Morgan fingerprint density at radius 1 is 1.27 bits per heavy atom. The first kappa shape index (κ1) is 18.3. The van der Waals surface area contributed by atoms with Crippen LogP contribution in [0.15, 0.2) is 47.1 Å². The van der Waals surface area contributed by atoms with E-state index in [1.807, 2.05) is 0 Å². The van der Waals surface area contributed by atoms with Gasteiger partial charge in [-0.2, -0.15) is 0 Å². The van der Waals surface area contributed by atoms with E-state index in [9.17, 15) is 19.1 Å². The number of likely N-dealkylation sites (tertiary alicyclic amines) is 1. The van der Waals surface area contributed by atoms with E-state index in [0.717, 1.165) is 10.5 Å². The molecule has 1 aromatic heterocycles. The number of halogens is 1. The van der Waals surface area contributed by atoms with Crippen LogP contribution in [0.1, 0.15) is 17.7 Å². The summed E-state index contributed by atoms with van der Waals surface area (Å²) < 4.78 is 23.4. The topological polar surface area (TPSA) is 80.0 Å². The van der Waals surface area contributed by atoms with Gasteiger partial charge in [0.2, 0.25) is 11.8 Å². The number of hydrogen-bond acceptors (Lipinski definition) is 5. The number of ether oxygens (including phenoxy) is 1. The van der Waals surface area contributed by atoms with Gasteiger partial charge in [0.25, 0.3) is 0 Å². The summed E-state index contributed by atoms with van der Waals surface area (Å²) in [5, 5.41) is 10.0. The van der Waals surface area contributed by atoms with E-state index in [0.29, 0.717) is 12.2 Å². The predicted octanol–water partition coefficient (Wildman–Crippen LogP) is 1.91. The minimum Gasteiger partial charge on any atom is -0.467 e. The molecule has 2 aromatic rings. The molecule has 138 valence electrons. The van der Waals surface area contributed by atoms with Gasteiger partial charge in [0.1, 0.15) is 18.2 Å². The van der Waals surface area contributed by atoms with E-state index in [-0.39, 0.29) is 43.8 Å². The molecule has 0 radical (unpaired) electrons. The maximum atomic E-state index is 13.0. The molecular weight excluding hydrogens is 341 g/mol. The van der Waals surface area contributed by atoms with Crippen molar-refractivity contribution < 1.29 is 28.2 Å². The molecule has 7 heteroatoms. The van der Waals surface area contributed by atoms with E-state index in [2.05, 4.69) is 0 Å². The maximum Gasteiger partial charge on any atom is 0.233 e. The van der Waals surface area contributed by atoms with E-state index >= 15 is 0 Å². The average molecular weight is 361 g/mol. The Kier molecular flexibility index (Phi) is 5.80. The van der Waals surface area contributed by atoms with Crippen LogP contribution in [-0.4, -0.2) is 41.1 Å². The molecule has 1 saturated heterocycles.